The molecule has 1 rings (SSSR count). The van der Waals surface area contributed by atoms with Gasteiger partial charge in [0.15, 0.2) is 0 Å². The zero-order valence-corrected chi connectivity index (χ0v) is 10.0. The van der Waals surface area contributed by atoms with E-state index < -0.39 is 5.60 Å². The van der Waals surface area contributed by atoms with Gasteiger partial charge >= 0.3 is 0 Å². The second-order valence-electron chi connectivity index (χ2n) is 5.11. The lowest BCUT2D eigenvalue weighted by molar-refractivity contribution is 0.00934. The van der Waals surface area contributed by atoms with E-state index >= 15 is 0 Å². The van der Waals surface area contributed by atoms with Gasteiger partial charge in [-0.1, -0.05) is 13.8 Å². The first-order valence-electron chi connectivity index (χ1n) is 5.02. The molecule has 0 atom stereocenters. The first-order chi connectivity index (χ1) is 6.18. The van der Waals surface area contributed by atoms with Crippen LogP contribution in [0.2, 0.25) is 0 Å². The lowest BCUT2D eigenvalue weighted by Crippen LogP contribution is -2.42. The monoisotopic (exact) mass is 195 g/mol. The van der Waals surface area contributed by atoms with E-state index in [4.69, 9.17) is 0 Å². The molecule has 1 heterocycles. The van der Waals surface area contributed by atoms with Crippen LogP contribution >= 0.6 is 0 Å². The summed E-state index contributed by atoms with van der Waals surface area (Å²) in [7, 11) is 2.03. The van der Waals surface area contributed by atoms with Gasteiger partial charge in [0.2, 0.25) is 0 Å². The fraction of sp³-hybridized carbons (Fsp3) is 0.667. The van der Waals surface area contributed by atoms with Gasteiger partial charge < -0.3 is 9.67 Å². The second-order valence-corrected chi connectivity index (χ2v) is 5.11. The first-order valence-corrected chi connectivity index (χ1v) is 5.02. The molecule has 0 fully saturated rings. The smallest absolute Gasteiger partial charge is 0.0683 e. The highest BCUT2D eigenvalue weighted by Gasteiger charge is 2.38. The summed E-state index contributed by atoms with van der Waals surface area (Å²) in [5, 5.41) is 10.1. The molecule has 1 N–H and O–H groups in total. The zero-order chi connectivity index (χ0) is 11.1. The molecule has 0 bridgehead atoms. The van der Waals surface area contributed by atoms with Crippen molar-refractivity contribution in [2.45, 2.75) is 45.6 Å². The Morgan fingerprint density at radius 1 is 1.21 bits per heavy atom. The molecule has 1 aromatic rings. The molecule has 80 valence electrons. The van der Waals surface area contributed by atoms with Crippen molar-refractivity contribution in [1.82, 2.24) is 4.57 Å². The van der Waals surface area contributed by atoms with E-state index in [1.54, 1.807) is 0 Å². The molecule has 1 aromatic heterocycles. The molecular formula is C12H21NO. The topological polar surface area (TPSA) is 25.2 Å². The Labute approximate surface area is 86.6 Å². The summed E-state index contributed by atoms with van der Waals surface area (Å²) in [6.07, 6.45) is 2.04. The molecule has 14 heavy (non-hydrogen) atoms. The molecule has 0 saturated carbocycles. The summed E-state index contributed by atoms with van der Waals surface area (Å²) in [6, 6.07) is 2.09. The van der Waals surface area contributed by atoms with Crippen molar-refractivity contribution in [3.63, 3.8) is 0 Å². The van der Waals surface area contributed by atoms with Gasteiger partial charge in [0, 0.05) is 24.4 Å². The zero-order valence-electron chi connectivity index (χ0n) is 10.0. The molecule has 0 spiro atoms. The molecule has 0 aromatic carbocycles. The van der Waals surface area contributed by atoms with E-state index in [0.717, 1.165) is 0 Å². The van der Waals surface area contributed by atoms with Gasteiger partial charge in [-0.2, -0.15) is 0 Å². The van der Waals surface area contributed by atoms with Crippen molar-refractivity contribution in [3.8, 4) is 0 Å². The number of aromatic nitrogens is 1. The van der Waals surface area contributed by atoms with E-state index in [1.807, 2.05) is 27.1 Å². The Kier molecular flexibility index (Phi) is 2.53. The van der Waals surface area contributed by atoms with Crippen LogP contribution in [0.5, 0.6) is 0 Å². The number of rotatable bonds is 2. The predicted molar refractivity (Wildman–Crippen MR) is 59.5 cm³/mol. The predicted octanol–water partition coefficient (Wildman–Crippen LogP) is 2.38. The van der Waals surface area contributed by atoms with Crippen molar-refractivity contribution < 1.29 is 5.11 Å². The van der Waals surface area contributed by atoms with Crippen molar-refractivity contribution in [2.24, 2.45) is 7.05 Å². The van der Waals surface area contributed by atoms with Crippen molar-refractivity contribution in [2.75, 3.05) is 0 Å². The summed E-state index contributed by atoms with van der Waals surface area (Å²) in [5.41, 5.74) is 1.50. The van der Waals surface area contributed by atoms with Crippen LogP contribution in [-0.4, -0.2) is 15.3 Å². The summed E-state index contributed by atoms with van der Waals surface area (Å²) < 4.78 is 2.09. The van der Waals surface area contributed by atoms with Crippen molar-refractivity contribution >= 4 is 0 Å². The normalized spacial score (nSPS) is 13.4. The van der Waals surface area contributed by atoms with Crippen molar-refractivity contribution in [1.29, 1.82) is 0 Å². The largest absolute Gasteiger partial charge is 0.390 e. The Balaban J connectivity index is 3.23. The van der Waals surface area contributed by atoms with Gasteiger partial charge in [-0.3, -0.25) is 0 Å². The van der Waals surface area contributed by atoms with Crippen LogP contribution in [0, 0.1) is 6.92 Å². The van der Waals surface area contributed by atoms with Crippen LogP contribution in [0.25, 0.3) is 0 Å². The molecule has 0 saturated heterocycles. The van der Waals surface area contributed by atoms with Crippen LogP contribution in [0.1, 0.15) is 39.0 Å². The second kappa shape index (κ2) is 3.13. The number of hydrogen-bond donors (Lipinski definition) is 1. The highest BCUT2D eigenvalue weighted by Crippen LogP contribution is 2.36. The fourth-order valence-electron chi connectivity index (χ4n) is 1.60. The number of nitrogens with zero attached hydrogens (tertiary/aromatic N) is 1. The van der Waals surface area contributed by atoms with Crippen LogP contribution in [-0.2, 0) is 12.5 Å². The Hall–Kier alpha value is -0.760. The third kappa shape index (κ3) is 1.59. The van der Waals surface area contributed by atoms with E-state index in [1.165, 1.54) is 11.3 Å². The van der Waals surface area contributed by atoms with Gasteiger partial charge in [-0.05, 0) is 32.4 Å². The quantitative estimate of drug-likeness (QED) is 0.770. The number of aliphatic hydroxyl groups is 1. The van der Waals surface area contributed by atoms with E-state index in [9.17, 15) is 5.11 Å². The number of hydrogen-bond acceptors (Lipinski definition) is 1. The SMILES string of the molecule is Cc1c(C(C)(C)C(C)(C)O)ccn1C. The van der Waals surface area contributed by atoms with Gasteiger partial charge in [0.1, 0.15) is 0 Å². The molecule has 0 aliphatic rings. The molecule has 0 radical (unpaired) electrons. The van der Waals surface area contributed by atoms with E-state index in [0.29, 0.717) is 0 Å². The highest BCUT2D eigenvalue weighted by molar-refractivity contribution is 5.31. The Morgan fingerprint density at radius 2 is 1.71 bits per heavy atom. The average molecular weight is 195 g/mol. The van der Waals surface area contributed by atoms with E-state index in [-0.39, 0.29) is 5.41 Å². The average Bonchev–Trinajstić information content (AvgIpc) is 2.30. The maximum atomic E-state index is 10.1. The standard InChI is InChI=1S/C12H21NO/c1-9-10(7-8-13(9)6)11(2,3)12(4,5)14/h7-8,14H,1-6H3. The van der Waals surface area contributed by atoms with Gasteiger partial charge in [-0.25, -0.2) is 0 Å². The summed E-state index contributed by atoms with van der Waals surface area (Å²) >= 11 is 0. The molecule has 0 aliphatic heterocycles. The maximum absolute atomic E-state index is 10.1. The van der Waals surface area contributed by atoms with Gasteiger partial charge in [0.05, 0.1) is 5.60 Å². The van der Waals surface area contributed by atoms with Crippen LogP contribution < -0.4 is 0 Å². The van der Waals surface area contributed by atoms with Crippen LogP contribution in [0.15, 0.2) is 12.3 Å². The van der Waals surface area contributed by atoms with Gasteiger partial charge in [-0.15, -0.1) is 0 Å². The van der Waals surface area contributed by atoms with Gasteiger partial charge in [0.25, 0.3) is 0 Å². The van der Waals surface area contributed by atoms with Crippen LogP contribution in [0.4, 0.5) is 0 Å². The van der Waals surface area contributed by atoms with Crippen LogP contribution in [0.3, 0.4) is 0 Å². The lowest BCUT2D eigenvalue weighted by Gasteiger charge is -2.37. The minimum atomic E-state index is -0.709. The Bertz CT molecular complexity index is 329. The fourth-order valence-corrected chi connectivity index (χ4v) is 1.60. The molecule has 0 unspecified atom stereocenters. The highest BCUT2D eigenvalue weighted by atomic mass is 16.3. The summed E-state index contributed by atoms with van der Waals surface area (Å²) in [5.74, 6) is 0. The molecule has 0 amide bonds. The number of aryl methyl sites for hydroxylation is 1. The minimum absolute atomic E-state index is 0.224. The molecular weight excluding hydrogens is 174 g/mol. The molecule has 2 nitrogen and oxygen atoms in total. The molecule has 0 aliphatic carbocycles. The maximum Gasteiger partial charge on any atom is 0.0683 e. The first kappa shape index (κ1) is 11.3. The third-order valence-corrected chi connectivity index (χ3v) is 3.59. The minimum Gasteiger partial charge on any atom is -0.390 e. The summed E-state index contributed by atoms with van der Waals surface area (Å²) in [4.78, 5) is 0. The van der Waals surface area contributed by atoms with Crippen molar-refractivity contribution in [3.05, 3.63) is 23.5 Å². The third-order valence-electron chi connectivity index (χ3n) is 3.59. The summed E-state index contributed by atoms with van der Waals surface area (Å²) in [6.45, 7) is 9.96. The lowest BCUT2D eigenvalue weighted by atomic mass is 9.72. The molecule has 2 heteroatoms. The Morgan fingerprint density at radius 3 is 2.00 bits per heavy atom. The van der Waals surface area contributed by atoms with E-state index in [2.05, 4.69) is 31.4 Å².